The van der Waals surface area contributed by atoms with Gasteiger partial charge in [-0.05, 0) is 49.6 Å². The van der Waals surface area contributed by atoms with Crippen LogP contribution < -0.4 is 10.6 Å². The summed E-state index contributed by atoms with van der Waals surface area (Å²) in [5.74, 6) is -0.675. The van der Waals surface area contributed by atoms with Gasteiger partial charge >= 0.3 is 0 Å². The van der Waals surface area contributed by atoms with Gasteiger partial charge in [-0.2, -0.15) is 0 Å². The van der Waals surface area contributed by atoms with Crippen molar-refractivity contribution < 1.29 is 28.7 Å². The molecule has 0 unspecified atom stereocenters. The number of amides is 1. The highest BCUT2D eigenvalue weighted by atomic mass is 19.1. The Morgan fingerprint density at radius 3 is 2.66 bits per heavy atom. The summed E-state index contributed by atoms with van der Waals surface area (Å²) in [5, 5.41) is 25.8. The van der Waals surface area contributed by atoms with E-state index in [2.05, 4.69) is 15.6 Å². The Balaban J connectivity index is 1.67. The Kier molecular flexibility index (Phi) is 9.50. The quantitative estimate of drug-likeness (QED) is 0.236. The van der Waals surface area contributed by atoms with Gasteiger partial charge in [0.1, 0.15) is 17.8 Å². The van der Waals surface area contributed by atoms with Gasteiger partial charge in [-0.25, -0.2) is 9.37 Å². The number of aliphatic hydroxyl groups excluding tert-OH is 1. The highest BCUT2D eigenvalue weighted by Crippen LogP contribution is 2.39. The number of halogens is 1. The van der Waals surface area contributed by atoms with Gasteiger partial charge in [0.2, 0.25) is 6.29 Å². The third-order valence-corrected chi connectivity index (χ3v) is 5.57. The van der Waals surface area contributed by atoms with Crippen LogP contribution in [0.1, 0.15) is 31.2 Å². The predicted molar refractivity (Wildman–Crippen MR) is 126 cm³/mol. The third kappa shape index (κ3) is 7.20. The SMILES string of the molecule is CCO[C@@H]1OC(C(=O)NCCNc2ccc([N+](=O)[O-])cn2)=C[C@H](c2ccc(F)cc2)[C@H]1CCCO. The Labute approximate surface area is 202 Å². The molecule has 0 bridgehead atoms. The first-order valence-corrected chi connectivity index (χ1v) is 11.4. The number of anilines is 1. The maximum absolute atomic E-state index is 13.5. The van der Waals surface area contributed by atoms with Gasteiger partial charge in [-0.15, -0.1) is 0 Å². The lowest BCUT2D eigenvalue weighted by Crippen LogP contribution is -2.39. The van der Waals surface area contributed by atoms with Crippen LogP contribution in [0.2, 0.25) is 0 Å². The third-order valence-electron chi connectivity index (χ3n) is 5.57. The van der Waals surface area contributed by atoms with Crippen LogP contribution in [0.4, 0.5) is 15.9 Å². The molecular formula is C24H29FN4O6. The summed E-state index contributed by atoms with van der Waals surface area (Å²) < 4.78 is 25.2. The lowest BCUT2D eigenvalue weighted by atomic mass is 9.80. The number of aliphatic hydroxyl groups is 1. The van der Waals surface area contributed by atoms with Crippen molar-refractivity contribution in [1.82, 2.24) is 10.3 Å². The zero-order valence-electron chi connectivity index (χ0n) is 19.4. The highest BCUT2D eigenvalue weighted by molar-refractivity contribution is 5.91. The van der Waals surface area contributed by atoms with E-state index in [1.807, 2.05) is 6.92 Å². The summed E-state index contributed by atoms with van der Waals surface area (Å²) in [4.78, 5) is 27.0. The van der Waals surface area contributed by atoms with E-state index in [4.69, 9.17) is 9.47 Å². The van der Waals surface area contributed by atoms with Gasteiger partial charge in [0, 0.05) is 44.2 Å². The highest BCUT2D eigenvalue weighted by Gasteiger charge is 2.37. The molecule has 0 saturated heterocycles. The van der Waals surface area contributed by atoms with E-state index >= 15 is 0 Å². The van der Waals surface area contributed by atoms with Crippen LogP contribution in [0.25, 0.3) is 0 Å². The molecule has 3 atom stereocenters. The fourth-order valence-electron chi connectivity index (χ4n) is 3.88. The van der Waals surface area contributed by atoms with E-state index in [-0.39, 0.29) is 42.3 Å². The molecule has 0 spiro atoms. The molecule has 10 nitrogen and oxygen atoms in total. The van der Waals surface area contributed by atoms with Crippen molar-refractivity contribution in [1.29, 1.82) is 0 Å². The molecule has 1 amide bonds. The molecule has 0 radical (unpaired) electrons. The summed E-state index contributed by atoms with van der Waals surface area (Å²) in [7, 11) is 0. The molecular weight excluding hydrogens is 459 g/mol. The number of allylic oxidation sites excluding steroid dienone is 1. The molecule has 35 heavy (non-hydrogen) atoms. The first-order chi connectivity index (χ1) is 16.9. The summed E-state index contributed by atoms with van der Waals surface area (Å²) in [6.07, 6.45) is 3.30. The number of hydrogen-bond donors (Lipinski definition) is 3. The molecule has 2 aromatic rings. The first kappa shape index (κ1) is 26.0. The second-order valence-electron chi connectivity index (χ2n) is 7.92. The number of carbonyl (C=O) groups is 1. The number of benzene rings is 1. The zero-order valence-corrected chi connectivity index (χ0v) is 19.4. The molecule has 11 heteroatoms. The smallest absolute Gasteiger partial charge is 0.287 e. The summed E-state index contributed by atoms with van der Waals surface area (Å²) in [5.41, 5.74) is 0.709. The minimum Gasteiger partial charge on any atom is -0.459 e. The molecule has 1 aliphatic rings. The second-order valence-corrected chi connectivity index (χ2v) is 7.92. The largest absolute Gasteiger partial charge is 0.459 e. The Hall–Kier alpha value is -3.57. The average molecular weight is 489 g/mol. The van der Waals surface area contributed by atoms with Gasteiger partial charge in [-0.1, -0.05) is 12.1 Å². The van der Waals surface area contributed by atoms with E-state index in [9.17, 15) is 24.4 Å². The monoisotopic (exact) mass is 488 g/mol. The summed E-state index contributed by atoms with van der Waals surface area (Å²) in [6, 6.07) is 8.91. The number of nitro groups is 1. The number of aromatic nitrogens is 1. The van der Waals surface area contributed by atoms with Crippen molar-refractivity contribution in [2.24, 2.45) is 5.92 Å². The molecule has 3 rings (SSSR count). The number of carbonyl (C=O) groups excluding carboxylic acids is 1. The van der Waals surface area contributed by atoms with Crippen molar-refractivity contribution in [2.75, 3.05) is 31.6 Å². The van der Waals surface area contributed by atoms with Crippen molar-refractivity contribution in [2.45, 2.75) is 32.0 Å². The Morgan fingerprint density at radius 1 is 1.26 bits per heavy atom. The maximum Gasteiger partial charge on any atom is 0.287 e. The van der Waals surface area contributed by atoms with Crippen LogP contribution in [-0.4, -0.2) is 53.5 Å². The van der Waals surface area contributed by atoms with E-state index in [1.165, 1.54) is 24.3 Å². The molecule has 0 aliphatic carbocycles. The van der Waals surface area contributed by atoms with Crippen molar-refractivity contribution in [3.63, 3.8) is 0 Å². The maximum atomic E-state index is 13.5. The van der Waals surface area contributed by atoms with Gasteiger partial charge in [0.15, 0.2) is 5.76 Å². The van der Waals surface area contributed by atoms with Crippen LogP contribution in [0.3, 0.4) is 0 Å². The topological polar surface area (TPSA) is 136 Å². The molecule has 2 heterocycles. The van der Waals surface area contributed by atoms with Gasteiger partial charge in [-0.3, -0.25) is 14.9 Å². The van der Waals surface area contributed by atoms with Crippen LogP contribution in [-0.2, 0) is 14.3 Å². The number of pyridine rings is 1. The van der Waals surface area contributed by atoms with Gasteiger partial charge < -0.3 is 25.2 Å². The van der Waals surface area contributed by atoms with E-state index < -0.39 is 17.1 Å². The number of ether oxygens (including phenoxy) is 2. The molecule has 188 valence electrons. The fraction of sp³-hybridized carbons (Fsp3) is 0.417. The lowest BCUT2D eigenvalue weighted by Gasteiger charge is -2.37. The summed E-state index contributed by atoms with van der Waals surface area (Å²) >= 11 is 0. The Bertz CT molecular complexity index is 1020. The first-order valence-electron chi connectivity index (χ1n) is 11.4. The van der Waals surface area contributed by atoms with Gasteiger partial charge in [0.25, 0.3) is 11.6 Å². The molecule has 1 aliphatic heterocycles. The van der Waals surface area contributed by atoms with Crippen LogP contribution in [0, 0.1) is 21.8 Å². The van der Waals surface area contributed by atoms with Crippen LogP contribution in [0.5, 0.6) is 0 Å². The second kappa shape index (κ2) is 12.8. The van der Waals surface area contributed by atoms with E-state index in [0.717, 1.165) is 11.8 Å². The average Bonchev–Trinajstić information content (AvgIpc) is 2.86. The number of rotatable bonds is 12. The molecule has 1 aromatic heterocycles. The molecule has 3 N–H and O–H groups in total. The number of nitrogens with one attached hydrogen (secondary N) is 2. The Morgan fingerprint density at radius 2 is 2.03 bits per heavy atom. The van der Waals surface area contributed by atoms with Crippen LogP contribution in [0.15, 0.2) is 54.4 Å². The normalized spacial score (nSPS) is 19.4. The molecule has 0 saturated carbocycles. The minimum atomic E-state index is -0.699. The predicted octanol–water partition coefficient (Wildman–Crippen LogP) is 3.11. The molecule has 1 aromatic carbocycles. The van der Waals surface area contributed by atoms with Crippen molar-refractivity contribution >= 4 is 17.4 Å². The van der Waals surface area contributed by atoms with Crippen molar-refractivity contribution in [3.05, 3.63) is 75.9 Å². The molecule has 0 fully saturated rings. The van der Waals surface area contributed by atoms with Crippen LogP contribution >= 0.6 is 0 Å². The standard InChI is InChI=1S/C24H29FN4O6/c1-2-34-24-19(4-3-13-30)20(16-5-7-17(25)8-6-16)14-21(35-24)23(31)27-12-11-26-22-10-9-18(15-28-22)29(32)33/h5-10,14-15,19-20,24,30H,2-4,11-13H2,1H3,(H,26,28)(H,27,31)/t19-,20-,24-/m1/s1. The fourth-order valence-corrected chi connectivity index (χ4v) is 3.88. The number of hydrogen-bond acceptors (Lipinski definition) is 8. The minimum absolute atomic E-state index is 0.0131. The zero-order chi connectivity index (χ0) is 25.2. The summed E-state index contributed by atoms with van der Waals surface area (Å²) in [6.45, 7) is 2.79. The van der Waals surface area contributed by atoms with E-state index in [1.54, 1.807) is 18.2 Å². The number of nitrogens with zero attached hydrogens (tertiary/aromatic N) is 2. The van der Waals surface area contributed by atoms with Gasteiger partial charge in [0.05, 0.1) is 4.92 Å². The lowest BCUT2D eigenvalue weighted by molar-refractivity contribution is -0.385. The van der Waals surface area contributed by atoms with Crippen molar-refractivity contribution in [3.8, 4) is 0 Å². The van der Waals surface area contributed by atoms with E-state index in [0.29, 0.717) is 31.8 Å².